The Bertz CT molecular complexity index is 845. The molecule has 2 fully saturated rings. The molecule has 1 saturated heterocycles. The van der Waals surface area contributed by atoms with E-state index in [1.54, 1.807) is 0 Å². The Morgan fingerprint density at radius 2 is 1.68 bits per heavy atom. The van der Waals surface area contributed by atoms with Crippen molar-refractivity contribution in [3.05, 3.63) is 48.0 Å². The number of fused-ring (bicyclic) bond motifs is 1. The number of benzene rings is 2. The van der Waals surface area contributed by atoms with Gasteiger partial charge < -0.3 is 20.1 Å². The summed E-state index contributed by atoms with van der Waals surface area (Å²) in [5.74, 6) is -0.726. The van der Waals surface area contributed by atoms with Crippen LogP contribution in [0.2, 0.25) is 0 Å². The lowest BCUT2D eigenvalue weighted by Crippen LogP contribution is -2.46. The minimum Gasteiger partial charge on any atom is -0.352 e. The van der Waals surface area contributed by atoms with Crippen molar-refractivity contribution in [1.29, 1.82) is 0 Å². The molecule has 2 aliphatic rings. The topological polar surface area (TPSA) is 76.7 Å². The van der Waals surface area contributed by atoms with Crippen LogP contribution in [-0.4, -0.2) is 43.4 Å². The van der Waals surface area contributed by atoms with Crippen molar-refractivity contribution >= 4 is 22.6 Å². The van der Waals surface area contributed by atoms with Crippen LogP contribution in [0.4, 0.5) is 0 Å². The highest BCUT2D eigenvalue weighted by Gasteiger charge is 2.40. The molecule has 2 amide bonds. The van der Waals surface area contributed by atoms with Gasteiger partial charge in [-0.3, -0.25) is 9.59 Å². The second-order valence-electron chi connectivity index (χ2n) is 7.54. The minimum absolute atomic E-state index is 0.00174. The van der Waals surface area contributed by atoms with Gasteiger partial charge in [0.25, 0.3) is 0 Å². The molecule has 1 aliphatic carbocycles. The monoisotopic (exact) mass is 382 g/mol. The van der Waals surface area contributed by atoms with E-state index >= 15 is 0 Å². The molecular formula is C22H26N2O4. The molecule has 4 rings (SSSR count). The molecule has 0 radical (unpaired) electrons. The molecule has 1 heterocycles. The van der Waals surface area contributed by atoms with Crippen LogP contribution < -0.4 is 10.6 Å². The van der Waals surface area contributed by atoms with Gasteiger partial charge in [-0.15, -0.1) is 0 Å². The Balaban J connectivity index is 1.23. The summed E-state index contributed by atoms with van der Waals surface area (Å²) in [7, 11) is 0. The number of nitrogens with one attached hydrogen (secondary N) is 2. The van der Waals surface area contributed by atoms with E-state index in [0.29, 0.717) is 13.2 Å². The average molecular weight is 382 g/mol. The first kappa shape index (κ1) is 18.9. The molecule has 0 unspecified atom stereocenters. The molecule has 1 spiro atoms. The molecule has 0 atom stereocenters. The standard InChI is InChI=1S/C22H26N2O4/c25-20(14-17-6-3-5-16-4-1-2-7-19(16)17)23-15-21(26)24-18-8-10-22(11-9-18)27-12-13-28-22/h1-7,18H,8-15H2,(H,23,25)(H,24,26). The number of carbonyl (C=O) groups is 2. The fourth-order valence-electron chi connectivity index (χ4n) is 4.13. The maximum absolute atomic E-state index is 12.3. The first-order chi connectivity index (χ1) is 13.6. The Kier molecular flexibility index (Phi) is 5.59. The van der Waals surface area contributed by atoms with Gasteiger partial charge in [-0.05, 0) is 29.2 Å². The average Bonchev–Trinajstić information content (AvgIpc) is 3.17. The summed E-state index contributed by atoms with van der Waals surface area (Å²) in [6, 6.07) is 14.0. The number of hydrogen-bond donors (Lipinski definition) is 2. The van der Waals surface area contributed by atoms with Crippen molar-refractivity contribution in [1.82, 2.24) is 10.6 Å². The van der Waals surface area contributed by atoms with Crippen molar-refractivity contribution < 1.29 is 19.1 Å². The van der Waals surface area contributed by atoms with Gasteiger partial charge >= 0.3 is 0 Å². The first-order valence-corrected chi connectivity index (χ1v) is 9.94. The van der Waals surface area contributed by atoms with Crippen molar-refractivity contribution in [2.45, 2.75) is 43.9 Å². The van der Waals surface area contributed by atoms with E-state index in [4.69, 9.17) is 9.47 Å². The van der Waals surface area contributed by atoms with Crippen LogP contribution in [0.1, 0.15) is 31.2 Å². The van der Waals surface area contributed by atoms with Crippen LogP contribution in [0.5, 0.6) is 0 Å². The first-order valence-electron chi connectivity index (χ1n) is 9.94. The van der Waals surface area contributed by atoms with E-state index in [1.165, 1.54) is 0 Å². The molecule has 28 heavy (non-hydrogen) atoms. The lowest BCUT2D eigenvalue weighted by molar-refractivity contribution is -0.180. The van der Waals surface area contributed by atoms with E-state index in [1.807, 2.05) is 42.5 Å². The van der Waals surface area contributed by atoms with E-state index < -0.39 is 5.79 Å². The molecule has 1 aliphatic heterocycles. The quantitative estimate of drug-likeness (QED) is 0.832. The third-order valence-corrected chi connectivity index (χ3v) is 5.60. The number of hydrogen-bond acceptors (Lipinski definition) is 4. The van der Waals surface area contributed by atoms with E-state index in [0.717, 1.165) is 42.0 Å². The van der Waals surface area contributed by atoms with Crippen molar-refractivity contribution in [3.8, 4) is 0 Å². The summed E-state index contributed by atoms with van der Waals surface area (Å²) < 4.78 is 11.4. The summed E-state index contributed by atoms with van der Waals surface area (Å²) in [6.45, 7) is 1.30. The lowest BCUT2D eigenvalue weighted by Gasteiger charge is -2.35. The summed E-state index contributed by atoms with van der Waals surface area (Å²) in [4.78, 5) is 24.5. The van der Waals surface area contributed by atoms with Crippen molar-refractivity contribution in [2.24, 2.45) is 0 Å². The fraction of sp³-hybridized carbons (Fsp3) is 0.455. The van der Waals surface area contributed by atoms with Crippen LogP contribution in [0.15, 0.2) is 42.5 Å². The van der Waals surface area contributed by atoms with Crippen LogP contribution >= 0.6 is 0 Å². The van der Waals surface area contributed by atoms with Gasteiger partial charge in [0, 0.05) is 18.9 Å². The number of rotatable bonds is 5. The molecule has 6 heteroatoms. The molecule has 2 aromatic carbocycles. The second-order valence-corrected chi connectivity index (χ2v) is 7.54. The van der Waals surface area contributed by atoms with Gasteiger partial charge in [0.1, 0.15) is 0 Å². The number of amides is 2. The summed E-state index contributed by atoms with van der Waals surface area (Å²) in [6.07, 6.45) is 3.51. The van der Waals surface area contributed by atoms with Crippen LogP contribution in [0.25, 0.3) is 10.8 Å². The summed E-state index contributed by atoms with van der Waals surface area (Å²) >= 11 is 0. The van der Waals surface area contributed by atoms with Gasteiger partial charge in [-0.1, -0.05) is 42.5 Å². The smallest absolute Gasteiger partial charge is 0.239 e. The van der Waals surface area contributed by atoms with Crippen molar-refractivity contribution in [3.63, 3.8) is 0 Å². The highest BCUT2D eigenvalue weighted by atomic mass is 16.7. The zero-order valence-electron chi connectivity index (χ0n) is 15.9. The largest absolute Gasteiger partial charge is 0.352 e. The van der Waals surface area contributed by atoms with Gasteiger partial charge in [0.05, 0.1) is 26.2 Å². The van der Waals surface area contributed by atoms with E-state index in [2.05, 4.69) is 10.6 Å². The van der Waals surface area contributed by atoms with E-state index in [9.17, 15) is 9.59 Å². The zero-order chi connectivity index (χ0) is 19.4. The van der Waals surface area contributed by atoms with Crippen LogP contribution in [-0.2, 0) is 25.5 Å². The summed E-state index contributed by atoms with van der Waals surface area (Å²) in [5.41, 5.74) is 0.963. The highest BCUT2D eigenvalue weighted by molar-refractivity contribution is 5.91. The maximum atomic E-state index is 12.3. The molecule has 0 bridgehead atoms. The molecule has 2 N–H and O–H groups in total. The van der Waals surface area contributed by atoms with E-state index in [-0.39, 0.29) is 30.8 Å². The normalized spacial score (nSPS) is 19.0. The highest BCUT2D eigenvalue weighted by Crippen LogP contribution is 2.35. The van der Waals surface area contributed by atoms with Crippen LogP contribution in [0, 0.1) is 0 Å². The molecular weight excluding hydrogens is 356 g/mol. The molecule has 1 saturated carbocycles. The van der Waals surface area contributed by atoms with Crippen molar-refractivity contribution in [2.75, 3.05) is 19.8 Å². The lowest BCUT2D eigenvalue weighted by atomic mass is 9.90. The van der Waals surface area contributed by atoms with Gasteiger partial charge in [0.2, 0.25) is 11.8 Å². The SMILES string of the molecule is O=C(Cc1cccc2ccccc12)NCC(=O)NC1CCC2(CC1)OCCO2. The predicted molar refractivity (Wildman–Crippen MR) is 106 cm³/mol. The third kappa shape index (κ3) is 4.34. The molecule has 148 valence electrons. The van der Waals surface area contributed by atoms with Gasteiger partial charge in [0.15, 0.2) is 5.79 Å². The Morgan fingerprint density at radius 1 is 0.964 bits per heavy atom. The third-order valence-electron chi connectivity index (χ3n) is 5.60. The summed E-state index contributed by atoms with van der Waals surface area (Å²) in [5, 5.41) is 7.92. The second kappa shape index (κ2) is 8.29. The van der Waals surface area contributed by atoms with Gasteiger partial charge in [-0.25, -0.2) is 0 Å². The molecule has 0 aromatic heterocycles. The Hall–Kier alpha value is -2.44. The minimum atomic E-state index is -0.423. The predicted octanol–water partition coefficient (Wildman–Crippen LogP) is 2.30. The maximum Gasteiger partial charge on any atom is 0.239 e. The molecule has 2 aromatic rings. The number of carbonyl (C=O) groups excluding carboxylic acids is 2. The van der Waals surface area contributed by atoms with Gasteiger partial charge in [-0.2, -0.15) is 0 Å². The number of ether oxygens (including phenoxy) is 2. The fourth-order valence-corrected chi connectivity index (χ4v) is 4.13. The molecule has 6 nitrogen and oxygen atoms in total. The Morgan fingerprint density at radius 3 is 2.46 bits per heavy atom. The van der Waals surface area contributed by atoms with Crippen LogP contribution in [0.3, 0.4) is 0 Å². The zero-order valence-corrected chi connectivity index (χ0v) is 15.9. The Labute approximate surface area is 164 Å².